The fraction of sp³-hybridized carbons (Fsp3) is 0.727. The largest absolute Gasteiger partial charge is 0.481 e. The highest BCUT2D eigenvalue weighted by Crippen LogP contribution is 2.08. The van der Waals surface area contributed by atoms with Crippen molar-refractivity contribution in [3.05, 3.63) is 12.2 Å². The summed E-state index contributed by atoms with van der Waals surface area (Å²) in [6, 6.07) is 0. The molecule has 0 aromatic rings. The van der Waals surface area contributed by atoms with Crippen LogP contribution in [0.5, 0.6) is 0 Å². The van der Waals surface area contributed by atoms with Crippen LogP contribution in [0.25, 0.3) is 0 Å². The number of carbonyl (C=O) groups is 1. The fourth-order valence-electron chi connectivity index (χ4n) is 1.17. The van der Waals surface area contributed by atoms with E-state index in [1.165, 1.54) is 0 Å². The Morgan fingerprint density at radius 3 is 2.79 bits per heavy atom. The van der Waals surface area contributed by atoms with Gasteiger partial charge in [-0.05, 0) is 32.2 Å². The van der Waals surface area contributed by atoms with Crippen LogP contribution in [0.4, 0.5) is 0 Å². The van der Waals surface area contributed by atoms with Gasteiger partial charge in [-0.3, -0.25) is 4.79 Å². The monoisotopic (exact) mass is 199 g/mol. The Morgan fingerprint density at radius 1 is 1.50 bits per heavy atom. The quantitative estimate of drug-likeness (QED) is 0.464. The minimum Gasteiger partial charge on any atom is -0.481 e. The van der Waals surface area contributed by atoms with Crippen LogP contribution in [0, 0.1) is 5.92 Å². The summed E-state index contributed by atoms with van der Waals surface area (Å²) < 4.78 is 0. The second-order valence-electron chi connectivity index (χ2n) is 3.60. The van der Waals surface area contributed by atoms with Gasteiger partial charge in [0.15, 0.2) is 0 Å². The number of aliphatic carboxylic acids is 1. The zero-order valence-corrected chi connectivity index (χ0v) is 9.12. The van der Waals surface area contributed by atoms with Gasteiger partial charge in [0.1, 0.15) is 0 Å². The minimum atomic E-state index is -0.696. The normalized spacial score (nSPS) is 13.3. The number of hydrogen-bond donors (Lipinski definition) is 2. The van der Waals surface area contributed by atoms with Crippen LogP contribution < -0.4 is 5.32 Å². The van der Waals surface area contributed by atoms with Crippen LogP contribution in [0.3, 0.4) is 0 Å². The van der Waals surface area contributed by atoms with Crippen molar-refractivity contribution in [2.75, 3.05) is 13.1 Å². The second kappa shape index (κ2) is 8.75. The maximum Gasteiger partial charge on any atom is 0.303 e. The highest BCUT2D eigenvalue weighted by molar-refractivity contribution is 5.66. The van der Waals surface area contributed by atoms with E-state index < -0.39 is 5.97 Å². The van der Waals surface area contributed by atoms with E-state index in [0.717, 1.165) is 25.9 Å². The van der Waals surface area contributed by atoms with Gasteiger partial charge >= 0.3 is 5.97 Å². The molecular formula is C11H21NO2. The van der Waals surface area contributed by atoms with E-state index in [0.29, 0.717) is 5.92 Å². The maximum absolute atomic E-state index is 10.3. The number of carboxylic acid groups (broad SMARTS) is 1. The summed E-state index contributed by atoms with van der Waals surface area (Å²) in [5.41, 5.74) is 0. The number of hydrogen-bond acceptors (Lipinski definition) is 2. The van der Waals surface area contributed by atoms with Gasteiger partial charge in [-0.2, -0.15) is 0 Å². The van der Waals surface area contributed by atoms with Crippen molar-refractivity contribution < 1.29 is 9.90 Å². The third-order valence-corrected chi connectivity index (χ3v) is 2.16. The summed E-state index contributed by atoms with van der Waals surface area (Å²) in [6.45, 7) is 5.96. The average Bonchev–Trinajstić information content (AvgIpc) is 2.14. The molecule has 1 atom stereocenters. The Kier molecular flexibility index (Phi) is 8.24. The molecule has 0 bridgehead atoms. The van der Waals surface area contributed by atoms with Crippen LogP contribution in [0.2, 0.25) is 0 Å². The van der Waals surface area contributed by atoms with Crippen LogP contribution in [0.15, 0.2) is 12.2 Å². The Bertz CT molecular complexity index is 178. The predicted octanol–water partition coefficient (Wildman–Crippen LogP) is 2.04. The number of nitrogens with one attached hydrogen (secondary N) is 1. The lowest BCUT2D eigenvalue weighted by molar-refractivity contribution is -0.137. The Labute approximate surface area is 86.2 Å². The molecule has 0 radical (unpaired) electrons. The molecular weight excluding hydrogens is 178 g/mol. The van der Waals surface area contributed by atoms with E-state index in [9.17, 15) is 4.79 Å². The molecule has 1 unspecified atom stereocenters. The van der Waals surface area contributed by atoms with Gasteiger partial charge in [-0.15, -0.1) is 0 Å². The summed E-state index contributed by atoms with van der Waals surface area (Å²) in [4.78, 5) is 10.3. The third kappa shape index (κ3) is 9.26. The summed E-state index contributed by atoms with van der Waals surface area (Å²) in [5.74, 6) is -0.206. The molecule has 82 valence electrons. The molecule has 0 aliphatic rings. The zero-order valence-electron chi connectivity index (χ0n) is 9.12. The summed E-state index contributed by atoms with van der Waals surface area (Å²) >= 11 is 0. The highest BCUT2D eigenvalue weighted by atomic mass is 16.4. The van der Waals surface area contributed by atoms with Crippen LogP contribution >= 0.6 is 0 Å². The molecule has 14 heavy (non-hydrogen) atoms. The predicted molar refractivity (Wildman–Crippen MR) is 58.3 cm³/mol. The van der Waals surface area contributed by atoms with Crippen LogP contribution in [0.1, 0.15) is 33.1 Å². The lowest BCUT2D eigenvalue weighted by atomic mass is 10.0. The standard InChI is InChI=1S/C11H21NO2/c1-3-4-8-12-9-7-10(2)5-6-11(13)14/h3-4,10,12H,5-9H2,1-2H3,(H,13,14). The van der Waals surface area contributed by atoms with E-state index >= 15 is 0 Å². The summed E-state index contributed by atoms with van der Waals surface area (Å²) in [6.07, 6.45) is 6.20. The van der Waals surface area contributed by atoms with E-state index in [1.54, 1.807) is 0 Å². The van der Waals surface area contributed by atoms with Crippen molar-refractivity contribution >= 4 is 5.97 Å². The fourth-order valence-corrected chi connectivity index (χ4v) is 1.17. The van der Waals surface area contributed by atoms with E-state index in [2.05, 4.69) is 18.3 Å². The van der Waals surface area contributed by atoms with Gasteiger partial charge in [-0.25, -0.2) is 0 Å². The van der Waals surface area contributed by atoms with Gasteiger partial charge in [-0.1, -0.05) is 19.1 Å². The molecule has 0 amide bonds. The van der Waals surface area contributed by atoms with Gasteiger partial charge in [0.05, 0.1) is 0 Å². The van der Waals surface area contributed by atoms with Crippen molar-refractivity contribution in [2.24, 2.45) is 5.92 Å². The Hall–Kier alpha value is -0.830. The smallest absolute Gasteiger partial charge is 0.303 e. The zero-order chi connectivity index (χ0) is 10.8. The first-order valence-corrected chi connectivity index (χ1v) is 5.20. The molecule has 3 nitrogen and oxygen atoms in total. The molecule has 0 aliphatic carbocycles. The first-order valence-electron chi connectivity index (χ1n) is 5.20. The Morgan fingerprint density at radius 2 is 2.21 bits per heavy atom. The number of allylic oxidation sites excluding steroid dienone is 1. The summed E-state index contributed by atoms with van der Waals surface area (Å²) in [7, 11) is 0. The van der Waals surface area contributed by atoms with Crippen molar-refractivity contribution in [1.29, 1.82) is 0 Å². The summed E-state index contributed by atoms with van der Waals surface area (Å²) in [5, 5.41) is 11.7. The molecule has 0 aromatic carbocycles. The molecule has 3 heteroatoms. The van der Waals surface area contributed by atoms with Crippen molar-refractivity contribution in [3.63, 3.8) is 0 Å². The Balaban J connectivity index is 3.26. The number of rotatable bonds is 8. The first-order chi connectivity index (χ1) is 6.66. The van der Waals surface area contributed by atoms with Gasteiger partial charge < -0.3 is 10.4 Å². The topological polar surface area (TPSA) is 49.3 Å². The molecule has 0 fully saturated rings. The average molecular weight is 199 g/mol. The SMILES string of the molecule is CC=CCNCCC(C)CCC(=O)O. The van der Waals surface area contributed by atoms with Gasteiger partial charge in [0, 0.05) is 13.0 Å². The van der Waals surface area contributed by atoms with E-state index in [1.807, 2.05) is 13.0 Å². The maximum atomic E-state index is 10.3. The van der Waals surface area contributed by atoms with Crippen molar-refractivity contribution in [2.45, 2.75) is 33.1 Å². The first kappa shape index (κ1) is 13.2. The van der Waals surface area contributed by atoms with E-state index in [4.69, 9.17) is 5.11 Å². The van der Waals surface area contributed by atoms with Gasteiger partial charge in [0.2, 0.25) is 0 Å². The van der Waals surface area contributed by atoms with Crippen LogP contribution in [-0.4, -0.2) is 24.2 Å². The molecule has 0 spiro atoms. The van der Waals surface area contributed by atoms with Crippen molar-refractivity contribution in [3.8, 4) is 0 Å². The third-order valence-electron chi connectivity index (χ3n) is 2.16. The minimum absolute atomic E-state index is 0.288. The molecule has 0 heterocycles. The molecule has 0 saturated heterocycles. The van der Waals surface area contributed by atoms with Gasteiger partial charge in [0.25, 0.3) is 0 Å². The van der Waals surface area contributed by atoms with Crippen LogP contribution in [-0.2, 0) is 4.79 Å². The lowest BCUT2D eigenvalue weighted by Gasteiger charge is -2.09. The second-order valence-corrected chi connectivity index (χ2v) is 3.60. The lowest BCUT2D eigenvalue weighted by Crippen LogP contribution is -2.17. The molecule has 0 aliphatic heterocycles. The highest BCUT2D eigenvalue weighted by Gasteiger charge is 2.04. The van der Waals surface area contributed by atoms with E-state index in [-0.39, 0.29) is 6.42 Å². The molecule has 0 aromatic heterocycles. The number of carboxylic acids is 1. The molecule has 0 rings (SSSR count). The molecule has 0 saturated carbocycles. The van der Waals surface area contributed by atoms with Crippen molar-refractivity contribution in [1.82, 2.24) is 5.32 Å². The molecule has 2 N–H and O–H groups in total.